The Morgan fingerprint density at radius 3 is 2.15 bits per heavy atom. The van der Waals surface area contributed by atoms with Gasteiger partial charge in [0, 0.05) is 0 Å². The van der Waals surface area contributed by atoms with Crippen LogP contribution in [0.1, 0.15) is 22.3 Å². The zero-order chi connectivity index (χ0) is 14.4. The average Bonchev–Trinajstić information content (AvgIpc) is 2.53. The summed E-state index contributed by atoms with van der Waals surface area (Å²) in [6.07, 6.45) is 1.73. The molecule has 0 unspecified atom stereocenters. The number of nitrogens with zero attached hydrogens (tertiary/aromatic N) is 3. The minimum atomic E-state index is 0.479. The lowest BCUT2D eigenvalue weighted by Gasteiger charge is -2.00. The summed E-state index contributed by atoms with van der Waals surface area (Å²) < 4.78 is 0. The maximum atomic E-state index is 9.25. The van der Waals surface area contributed by atoms with Crippen LogP contribution in [0.2, 0.25) is 0 Å². The molecular formula is C17H9N3. The van der Waals surface area contributed by atoms with Crippen molar-refractivity contribution in [3.05, 3.63) is 70.8 Å². The van der Waals surface area contributed by atoms with Crippen molar-refractivity contribution in [2.45, 2.75) is 0 Å². The molecule has 0 bridgehead atoms. The number of benzene rings is 2. The van der Waals surface area contributed by atoms with Crippen LogP contribution < -0.4 is 0 Å². The highest BCUT2D eigenvalue weighted by Crippen LogP contribution is 2.19. The molecule has 0 aromatic heterocycles. The third-order valence-corrected chi connectivity index (χ3v) is 2.77. The van der Waals surface area contributed by atoms with Crippen LogP contribution in [0.15, 0.2) is 48.5 Å². The molecule has 0 N–H and O–H groups in total. The second kappa shape index (κ2) is 6.01. The van der Waals surface area contributed by atoms with E-state index in [1.807, 2.05) is 6.07 Å². The van der Waals surface area contributed by atoms with Crippen LogP contribution in [0.25, 0.3) is 11.6 Å². The first-order valence-corrected chi connectivity index (χ1v) is 5.89. The number of hydrogen-bond acceptors (Lipinski definition) is 3. The summed E-state index contributed by atoms with van der Waals surface area (Å²) in [7, 11) is 0. The third kappa shape index (κ3) is 2.91. The lowest BCUT2D eigenvalue weighted by Crippen LogP contribution is -1.84. The van der Waals surface area contributed by atoms with Crippen molar-refractivity contribution in [3.8, 4) is 18.2 Å². The number of hydrogen-bond donors (Lipinski definition) is 0. The minimum Gasteiger partial charge on any atom is -0.192 e. The van der Waals surface area contributed by atoms with Crippen molar-refractivity contribution in [1.29, 1.82) is 15.8 Å². The number of rotatable bonds is 2. The van der Waals surface area contributed by atoms with Crippen LogP contribution in [0, 0.1) is 34.0 Å². The molecule has 0 heterocycles. The van der Waals surface area contributed by atoms with Crippen molar-refractivity contribution >= 4 is 11.6 Å². The Balaban J connectivity index is 2.41. The van der Waals surface area contributed by atoms with E-state index in [-0.39, 0.29) is 0 Å². The van der Waals surface area contributed by atoms with E-state index in [1.54, 1.807) is 54.6 Å². The molecule has 2 aromatic rings. The first kappa shape index (κ1) is 13.1. The van der Waals surface area contributed by atoms with E-state index in [2.05, 4.69) is 12.1 Å². The van der Waals surface area contributed by atoms with E-state index >= 15 is 0 Å². The van der Waals surface area contributed by atoms with Gasteiger partial charge in [0.05, 0.1) is 34.9 Å². The van der Waals surface area contributed by atoms with Crippen molar-refractivity contribution in [2.75, 3.05) is 0 Å². The van der Waals surface area contributed by atoms with E-state index in [9.17, 15) is 5.26 Å². The molecule has 2 aromatic carbocycles. The van der Waals surface area contributed by atoms with Gasteiger partial charge in [-0.1, -0.05) is 24.3 Å². The van der Waals surface area contributed by atoms with Gasteiger partial charge >= 0.3 is 0 Å². The summed E-state index contributed by atoms with van der Waals surface area (Å²) in [5.74, 6) is 0. The van der Waals surface area contributed by atoms with Crippen molar-refractivity contribution in [3.63, 3.8) is 0 Å². The molecule has 0 fully saturated rings. The fourth-order valence-corrected chi connectivity index (χ4v) is 1.76. The standard InChI is InChI=1S/C17H9N3/c18-10-14-6-4-13(5-7-14)8-17(12-20)16-3-1-2-15(9-16)11-19/h1-9H/b17-8-. The molecule has 0 aliphatic rings. The molecule has 3 nitrogen and oxygen atoms in total. The van der Waals surface area contributed by atoms with Crippen LogP contribution in [0.5, 0.6) is 0 Å². The average molecular weight is 255 g/mol. The monoisotopic (exact) mass is 255 g/mol. The summed E-state index contributed by atoms with van der Waals surface area (Å²) >= 11 is 0. The van der Waals surface area contributed by atoms with Gasteiger partial charge in [0.25, 0.3) is 0 Å². The van der Waals surface area contributed by atoms with E-state index in [0.717, 1.165) is 5.56 Å². The van der Waals surface area contributed by atoms with Crippen molar-refractivity contribution in [2.24, 2.45) is 0 Å². The predicted molar refractivity (Wildman–Crippen MR) is 75.8 cm³/mol. The summed E-state index contributed by atoms with van der Waals surface area (Å²) in [5.41, 5.74) is 3.11. The summed E-state index contributed by atoms with van der Waals surface area (Å²) in [5, 5.41) is 26.9. The molecule has 0 spiro atoms. The first-order chi connectivity index (χ1) is 9.76. The Morgan fingerprint density at radius 2 is 1.55 bits per heavy atom. The highest BCUT2D eigenvalue weighted by molar-refractivity contribution is 5.89. The number of nitriles is 3. The second-order valence-electron chi connectivity index (χ2n) is 4.10. The van der Waals surface area contributed by atoms with Gasteiger partial charge in [-0.3, -0.25) is 0 Å². The Kier molecular flexibility index (Phi) is 3.93. The van der Waals surface area contributed by atoms with Gasteiger partial charge < -0.3 is 0 Å². The predicted octanol–water partition coefficient (Wildman–Crippen LogP) is 3.49. The molecule has 92 valence electrons. The van der Waals surface area contributed by atoms with Gasteiger partial charge in [0.15, 0.2) is 0 Å². The molecule has 0 aliphatic carbocycles. The van der Waals surface area contributed by atoms with Gasteiger partial charge in [-0.15, -0.1) is 0 Å². The van der Waals surface area contributed by atoms with Gasteiger partial charge in [0.2, 0.25) is 0 Å². The lowest BCUT2D eigenvalue weighted by atomic mass is 10.0. The molecule has 0 atom stereocenters. The zero-order valence-corrected chi connectivity index (χ0v) is 10.5. The quantitative estimate of drug-likeness (QED) is 0.609. The molecule has 0 aliphatic heterocycles. The largest absolute Gasteiger partial charge is 0.192 e. The molecule has 20 heavy (non-hydrogen) atoms. The summed E-state index contributed by atoms with van der Waals surface area (Å²) in [6.45, 7) is 0. The SMILES string of the molecule is N#C/C(=C/c1ccc(C#N)cc1)c1cccc(C#N)c1. The molecule has 0 saturated carbocycles. The highest BCUT2D eigenvalue weighted by atomic mass is 14.3. The maximum Gasteiger partial charge on any atom is 0.0998 e. The van der Waals surface area contributed by atoms with E-state index in [4.69, 9.17) is 10.5 Å². The van der Waals surface area contributed by atoms with Gasteiger partial charge in [-0.25, -0.2) is 0 Å². The van der Waals surface area contributed by atoms with Gasteiger partial charge in [0.1, 0.15) is 0 Å². The Labute approximate surface area is 117 Å². The normalized spacial score (nSPS) is 10.2. The molecular weight excluding hydrogens is 246 g/mol. The van der Waals surface area contributed by atoms with Crippen LogP contribution in [0.3, 0.4) is 0 Å². The Morgan fingerprint density at radius 1 is 0.850 bits per heavy atom. The Bertz CT molecular complexity index is 779. The summed E-state index contributed by atoms with van der Waals surface area (Å²) in [4.78, 5) is 0. The van der Waals surface area contributed by atoms with E-state index in [0.29, 0.717) is 22.3 Å². The van der Waals surface area contributed by atoms with Crippen LogP contribution >= 0.6 is 0 Å². The van der Waals surface area contributed by atoms with Gasteiger partial charge in [-0.2, -0.15) is 15.8 Å². The first-order valence-electron chi connectivity index (χ1n) is 5.89. The van der Waals surface area contributed by atoms with Gasteiger partial charge in [-0.05, 0) is 41.5 Å². The fourth-order valence-electron chi connectivity index (χ4n) is 1.76. The number of allylic oxidation sites excluding steroid dienone is 1. The van der Waals surface area contributed by atoms with Crippen LogP contribution in [-0.4, -0.2) is 0 Å². The molecule has 0 radical (unpaired) electrons. The van der Waals surface area contributed by atoms with Crippen LogP contribution in [0.4, 0.5) is 0 Å². The molecule has 2 rings (SSSR count). The van der Waals surface area contributed by atoms with Crippen LogP contribution in [-0.2, 0) is 0 Å². The maximum absolute atomic E-state index is 9.25. The lowest BCUT2D eigenvalue weighted by molar-refractivity contribution is 1.47. The molecule has 0 saturated heterocycles. The minimum absolute atomic E-state index is 0.479. The fraction of sp³-hybridized carbons (Fsp3) is 0. The zero-order valence-electron chi connectivity index (χ0n) is 10.5. The van der Waals surface area contributed by atoms with E-state index in [1.165, 1.54) is 0 Å². The third-order valence-electron chi connectivity index (χ3n) is 2.77. The van der Waals surface area contributed by atoms with Crippen molar-refractivity contribution in [1.82, 2.24) is 0 Å². The van der Waals surface area contributed by atoms with Crippen molar-refractivity contribution < 1.29 is 0 Å². The highest BCUT2D eigenvalue weighted by Gasteiger charge is 2.02. The van der Waals surface area contributed by atoms with E-state index < -0.39 is 0 Å². The topological polar surface area (TPSA) is 71.4 Å². The summed E-state index contributed by atoms with van der Waals surface area (Å²) in [6, 6.07) is 20.1. The molecule has 0 amide bonds. The Hall–Kier alpha value is -3.35. The second-order valence-corrected chi connectivity index (χ2v) is 4.10. The smallest absolute Gasteiger partial charge is 0.0998 e. The molecule has 3 heteroatoms.